The quantitative estimate of drug-likeness (QED) is 0.713. The minimum absolute atomic E-state index is 0.0648. The molecule has 1 rings (SSSR count). The molecule has 0 aromatic rings. The molecular formula is C11H21NO4. The molecule has 0 radical (unpaired) electrons. The summed E-state index contributed by atoms with van der Waals surface area (Å²) in [5, 5.41) is 19.0. The van der Waals surface area contributed by atoms with Crippen LogP contribution in [-0.2, 0) is 9.53 Å². The van der Waals surface area contributed by atoms with E-state index in [4.69, 9.17) is 9.84 Å². The number of likely N-dealkylation sites (N-methyl/N-ethyl adjacent to an activating group) is 1. The van der Waals surface area contributed by atoms with Crippen molar-refractivity contribution in [3.63, 3.8) is 0 Å². The second kappa shape index (κ2) is 6.18. The molecule has 3 atom stereocenters. The number of aliphatic hydroxyl groups excluding tert-OH is 1. The van der Waals surface area contributed by atoms with E-state index in [1.807, 2.05) is 0 Å². The van der Waals surface area contributed by atoms with Crippen LogP contribution in [0.25, 0.3) is 0 Å². The maximum atomic E-state index is 11.1. The third-order valence-electron chi connectivity index (χ3n) is 3.32. The summed E-state index contributed by atoms with van der Waals surface area (Å²) in [5.74, 6) is -0.901. The van der Waals surface area contributed by atoms with Gasteiger partial charge in [0, 0.05) is 13.2 Å². The van der Waals surface area contributed by atoms with Crippen LogP contribution in [0.3, 0.4) is 0 Å². The van der Waals surface area contributed by atoms with E-state index >= 15 is 0 Å². The zero-order valence-corrected chi connectivity index (χ0v) is 9.93. The first-order valence-corrected chi connectivity index (χ1v) is 5.69. The van der Waals surface area contributed by atoms with Gasteiger partial charge in [-0.15, -0.1) is 0 Å². The standard InChI is InChI=1S/C11H21NO4/c1-12(9(7-16-2)11(14)15)8-5-3-4-6-10(8)13/h8-10,13H,3-7H2,1-2H3,(H,14,15). The zero-order valence-electron chi connectivity index (χ0n) is 9.93. The summed E-state index contributed by atoms with van der Waals surface area (Å²) in [6.07, 6.45) is 3.26. The third kappa shape index (κ3) is 3.17. The molecule has 0 heterocycles. The molecule has 0 amide bonds. The topological polar surface area (TPSA) is 70.0 Å². The molecule has 1 aliphatic carbocycles. The minimum Gasteiger partial charge on any atom is -0.480 e. The molecule has 0 bridgehead atoms. The second-order valence-corrected chi connectivity index (χ2v) is 4.39. The van der Waals surface area contributed by atoms with Gasteiger partial charge in [0.05, 0.1) is 12.7 Å². The van der Waals surface area contributed by atoms with Crippen LogP contribution < -0.4 is 0 Å². The fourth-order valence-corrected chi connectivity index (χ4v) is 2.32. The van der Waals surface area contributed by atoms with Gasteiger partial charge in [-0.2, -0.15) is 0 Å². The lowest BCUT2D eigenvalue weighted by Crippen LogP contribution is -2.52. The van der Waals surface area contributed by atoms with Gasteiger partial charge in [-0.05, 0) is 19.9 Å². The monoisotopic (exact) mass is 231 g/mol. The second-order valence-electron chi connectivity index (χ2n) is 4.39. The smallest absolute Gasteiger partial charge is 0.323 e. The number of hydrogen-bond donors (Lipinski definition) is 2. The van der Waals surface area contributed by atoms with E-state index < -0.39 is 18.1 Å². The van der Waals surface area contributed by atoms with Crippen molar-refractivity contribution in [2.24, 2.45) is 0 Å². The lowest BCUT2D eigenvalue weighted by Gasteiger charge is -2.38. The number of aliphatic hydroxyl groups is 1. The number of rotatable bonds is 5. The number of carbonyl (C=O) groups is 1. The first-order valence-electron chi connectivity index (χ1n) is 5.69. The molecule has 0 aliphatic heterocycles. The van der Waals surface area contributed by atoms with E-state index in [-0.39, 0.29) is 12.6 Å². The van der Waals surface area contributed by atoms with Gasteiger partial charge >= 0.3 is 5.97 Å². The fraction of sp³-hybridized carbons (Fsp3) is 0.909. The van der Waals surface area contributed by atoms with Crippen LogP contribution in [0.2, 0.25) is 0 Å². The number of ether oxygens (including phenoxy) is 1. The van der Waals surface area contributed by atoms with Crippen molar-refractivity contribution in [1.29, 1.82) is 0 Å². The Hall–Kier alpha value is -0.650. The van der Waals surface area contributed by atoms with Gasteiger partial charge < -0.3 is 14.9 Å². The van der Waals surface area contributed by atoms with Gasteiger partial charge in [-0.25, -0.2) is 0 Å². The summed E-state index contributed by atoms with van der Waals surface area (Å²) in [7, 11) is 3.23. The maximum Gasteiger partial charge on any atom is 0.323 e. The lowest BCUT2D eigenvalue weighted by molar-refractivity contribution is -0.147. The van der Waals surface area contributed by atoms with Crippen LogP contribution in [0.15, 0.2) is 0 Å². The first kappa shape index (κ1) is 13.4. The van der Waals surface area contributed by atoms with Crippen molar-refractivity contribution in [3.8, 4) is 0 Å². The molecule has 2 N–H and O–H groups in total. The number of aliphatic carboxylic acids is 1. The molecule has 0 saturated heterocycles. The van der Waals surface area contributed by atoms with Gasteiger partial charge in [-0.1, -0.05) is 12.8 Å². The molecule has 5 heteroatoms. The Kier molecular flexibility index (Phi) is 5.18. The normalized spacial score (nSPS) is 28.0. The van der Waals surface area contributed by atoms with Crippen molar-refractivity contribution >= 4 is 5.97 Å². The van der Waals surface area contributed by atoms with Crippen LogP contribution >= 0.6 is 0 Å². The molecule has 1 fully saturated rings. The summed E-state index contributed by atoms with van der Waals surface area (Å²) < 4.78 is 4.91. The summed E-state index contributed by atoms with van der Waals surface area (Å²) in [5.41, 5.74) is 0. The van der Waals surface area contributed by atoms with E-state index in [2.05, 4.69) is 0 Å². The van der Waals surface area contributed by atoms with Crippen molar-refractivity contribution in [2.45, 2.75) is 43.9 Å². The molecule has 1 saturated carbocycles. The van der Waals surface area contributed by atoms with Crippen LogP contribution in [0, 0.1) is 0 Å². The number of carboxylic acid groups (broad SMARTS) is 1. The highest BCUT2D eigenvalue weighted by molar-refractivity contribution is 5.73. The van der Waals surface area contributed by atoms with E-state index in [9.17, 15) is 9.90 Å². The molecule has 0 spiro atoms. The van der Waals surface area contributed by atoms with Gasteiger partial charge in [0.25, 0.3) is 0 Å². The van der Waals surface area contributed by atoms with Gasteiger partial charge in [0.1, 0.15) is 6.04 Å². The number of methoxy groups -OCH3 is 1. The number of hydrogen-bond acceptors (Lipinski definition) is 4. The highest BCUT2D eigenvalue weighted by Crippen LogP contribution is 2.23. The summed E-state index contributed by atoms with van der Waals surface area (Å²) in [4.78, 5) is 12.8. The van der Waals surface area contributed by atoms with Crippen LogP contribution in [0.4, 0.5) is 0 Å². The average Bonchev–Trinajstić information content (AvgIpc) is 2.25. The molecule has 5 nitrogen and oxygen atoms in total. The fourth-order valence-electron chi connectivity index (χ4n) is 2.32. The van der Waals surface area contributed by atoms with E-state index in [1.165, 1.54) is 7.11 Å². The molecule has 16 heavy (non-hydrogen) atoms. The zero-order chi connectivity index (χ0) is 12.1. The Morgan fingerprint density at radius 1 is 1.50 bits per heavy atom. The first-order chi connectivity index (χ1) is 7.57. The summed E-state index contributed by atoms with van der Waals surface area (Å²) in [6.45, 7) is 0.148. The maximum absolute atomic E-state index is 11.1. The average molecular weight is 231 g/mol. The predicted molar refractivity (Wildman–Crippen MR) is 59.3 cm³/mol. The molecule has 3 unspecified atom stereocenters. The lowest BCUT2D eigenvalue weighted by atomic mass is 9.91. The molecule has 0 aromatic heterocycles. The Balaban J connectivity index is 2.64. The van der Waals surface area contributed by atoms with Gasteiger partial charge in [0.2, 0.25) is 0 Å². The largest absolute Gasteiger partial charge is 0.480 e. The van der Waals surface area contributed by atoms with Gasteiger partial charge in [0.15, 0.2) is 0 Å². The number of nitrogens with zero attached hydrogens (tertiary/aromatic N) is 1. The number of carboxylic acids is 1. The summed E-state index contributed by atoms with van der Waals surface area (Å²) >= 11 is 0. The Morgan fingerprint density at radius 2 is 2.12 bits per heavy atom. The van der Waals surface area contributed by atoms with E-state index in [0.717, 1.165) is 25.7 Å². The van der Waals surface area contributed by atoms with Gasteiger partial charge in [-0.3, -0.25) is 9.69 Å². The van der Waals surface area contributed by atoms with Crippen molar-refractivity contribution < 1.29 is 19.7 Å². The highest BCUT2D eigenvalue weighted by Gasteiger charge is 2.33. The Labute approximate surface area is 96.0 Å². The Morgan fingerprint density at radius 3 is 2.62 bits per heavy atom. The molecule has 94 valence electrons. The SMILES string of the molecule is COCC(C(=O)O)N(C)C1CCCCC1O. The predicted octanol–water partition coefficient (Wildman–Crippen LogP) is 0.321. The van der Waals surface area contributed by atoms with Crippen LogP contribution in [0.5, 0.6) is 0 Å². The van der Waals surface area contributed by atoms with Crippen LogP contribution in [-0.4, -0.2) is 60.0 Å². The molecular weight excluding hydrogens is 210 g/mol. The van der Waals surface area contributed by atoms with E-state index in [1.54, 1.807) is 11.9 Å². The highest BCUT2D eigenvalue weighted by atomic mass is 16.5. The van der Waals surface area contributed by atoms with Crippen molar-refractivity contribution in [3.05, 3.63) is 0 Å². The summed E-state index contributed by atoms with van der Waals surface area (Å²) in [6, 6.07) is -0.743. The van der Waals surface area contributed by atoms with Crippen molar-refractivity contribution in [1.82, 2.24) is 4.90 Å². The van der Waals surface area contributed by atoms with Crippen LogP contribution in [0.1, 0.15) is 25.7 Å². The molecule has 0 aromatic carbocycles. The minimum atomic E-state index is -0.901. The molecule has 1 aliphatic rings. The van der Waals surface area contributed by atoms with Crippen molar-refractivity contribution in [2.75, 3.05) is 20.8 Å². The van der Waals surface area contributed by atoms with E-state index in [0.29, 0.717) is 0 Å². The Bertz CT molecular complexity index is 234. The third-order valence-corrected chi connectivity index (χ3v) is 3.32.